The van der Waals surface area contributed by atoms with Gasteiger partial charge in [-0.3, -0.25) is 4.79 Å². The van der Waals surface area contributed by atoms with E-state index in [1.165, 1.54) is 11.8 Å². The molecule has 0 aliphatic carbocycles. The molecule has 4 heteroatoms. The second kappa shape index (κ2) is 6.78. The molecule has 2 nitrogen and oxygen atoms in total. The second-order valence-corrected chi connectivity index (χ2v) is 5.86. The van der Waals surface area contributed by atoms with Gasteiger partial charge in [0.05, 0.1) is 12.9 Å². The van der Waals surface area contributed by atoms with E-state index in [0.29, 0.717) is 5.75 Å². The summed E-state index contributed by atoms with van der Waals surface area (Å²) in [7, 11) is 1.64. The fraction of sp³-hybridized carbons (Fsp3) is 0.133. The quantitative estimate of drug-likeness (QED) is 0.596. The van der Waals surface area contributed by atoms with Gasteiger partial charge in [0.1, 0.15) is 5.75 Å². The molecule has 0 atom stereocenters. The van der Waals surface area contributed by atoms with Gasteiger partial charge in [-0.05, 0) is 36.4 Å². The first-order valence-electron chi connectivity index (χ1n) is 5.74. The highest BCUT2D eigenvalue weighted by atomic mass is 79.9. The van der Waals surface area contributed by atoms with Gasteiger partial charge in [-0.25, -0.2) is 0 Å². The van der Waals surface area contributed by atoms with Crippen LogP contribution < -0.4 is 4.74 Å². The van der Waals surface area contributed by atoms with Crippen molar-refractivity contribution in [3.8, 4) is 5.75 Å². The van der Waals surface area contributed by atoms with Crippen LogP contribution in [0.1, 0.15) is 10.4 Å². The average molecular weight is 337 g/mol. The van der Waals surface area contributed by atoms with Crippen molar-refractivity contribution in [3.63, 3.8) is 0 Å². The largest absolute Gasteiger partial charge is 0.497 e. The van der Waals surface area contributed by atoms with Gasteiger partial charge < -0.3 is 4.74 Å². The third kappa shape index (κ3) is 4.11. The van der Waals surface area contributed by atoms with Crippen molar-refractivity contribution in [2.75, 3.05) is 12.9 Å². The highest BCUT2D eigenvalue weighted by molar-refractivity contribution is 9.10. The van der Waals surface area contributed by atoms with E-state index in [9.17, 15) is 4.79 Å². The first-order chi connectivity index (χ1) is 9.19. The van der Waals surface area contributed by atoms with Crippen molar-refractivity contribution < 1.29 is 9.53 Å². The molecule has 0 saturated carbocycles. The lowest BCUT2D eigenvalue weighted by Gasteiger charge is -2.03. The van der Waals surface area contributed by atoms with Crippen LogP contribution in [-0.2, 0) is 0 Å². The van der Waals surface area contributed by atoms with Crippen LogP contribution >= 0.6 is 27.7 Å². The van der Waals surface area contributed by atoms with Crippen LogP contribution in [-0.4, -0.2) is 18.6 Å². The van der Waals surface area contributed by atoms with Gasteiger partial charge >= 0.3 is 0 Å². The molecule has 0 unspecified atom stereocenters. The van der Waals surface area contributed by atoms with E-state index < -0.39 is 0 Å². The first kappa shape index (κ1) is 14.2. The number of Topliss-reactive ketones (excluding diaryl/α,β-unsaturated/α-hetero) is 1. The zero-order chi connectivity index (χ0) is 13.7. The van der Waals surface area contributed by atoms with Crippen LogP contribution in [0.3, 0.4) is 0 Å². The molecule has 0 radical (unpaired) electrons. The molecule has 0 amide bonds. The number of carbonyl (C=O) groups is 1. The fourth-order valence-corrected chi connectivity index (χ4v) is 2.60. The summed E-state index contributed by atoms with van der Waals surface area (Å²) in [4.78, 5) is 13.1. The molecular weight excluding hydrogens is 324 g/mol. The first-order valence-corrected chi connectivity index (χ1v) is 7.52. The number of ether oxygens (including phenoxy) is 1. The number of rotatable bonds is 5. The third-order valence-electron chi connectivity index (χ3n) is 2.60. The lowest BCUT2D eigenvalue weighted by atomic mass is 10.2. The van der Waals surface area contributed by atoms with Gasteiger partial charge in [-0.15, -0.1) is 11.8 Å². The molecule has 2 rings (SSSR count). The van der Waals surface area contributed by atoms with E-state index >= 15 is 0 Å². The van der Waals surface area contributed by atoms with Gasteiger partial charge in [-0.1, -0.05) is 28.1 Å². The van der Waals surface area contributed by atoms with Crippen molar-refractivity contribution in [2.45, 2.75) is 4.90 Å². The van der Waals surface area contributed by atoms with E-state index in [1.54, 1.807) is 7.11 Å². The summed E-state index contributed by atoms with van der Waals surface area (Å²) in [6.45, 7) is 0. The topological polar surface area (TPSA) is 26.3 Å². The van der Waals surface area contributed by atoms with Crippen molar-refractivity contribution >= 4 is 33.5 Å². The smallest absolute Gasteiger partial charge is 0.173 e. The van der Waals surface area contributed by atoms with Crippen LogP contribution in [0, 0.1) is 0 Å². The number of hydrogen-bond acceptors (Lipinski definition) is 3. The van der Waals surface area contributed by atoms with Gasteiger partial charge in [0.25, 0.3) is 0 Å². The van der Waals surface area contributed by atoms with Crippen molar-refractivity contribution in [1.82, 2.24) is 0 Å². The fourth-order valence-electron chi connectivity index (χ4n) is 1.54. The molecule has 0 aliphatic rings. The molecular formula is C15H13BrO2S. The zero-order valence-electron chi connectivity index (χ0n) is 10.4. The highest BCUT2D eigenvalue weighted by Crippen LogP contribution is 2.22. The molecule has 0 saturated heterocycles. The van der Waals surface area contributed by atoms with Crippen LogP contribution in [0.15, 0.2) is 57.9 Å². The monoisotopic (exact) mass is 336 g/mol. The predicted molar refractivity (Wildman–Crippen MR) is 82.2 cm³/mol. The number of hydrogen-bond donors (Lipinski definition) is 0. The number of benzene rings is 2. The SMILES string of the molecule is COc1ccc(SCC(=O)c2ccc(Br)cc2)cc1. The number of halogens is 1. The lowest BCUT2D eigenvalue weighted by molar-refractivity contribution is 0.102. The standard InChI is InChI=1S/C15H13BrO2S/c1-18-13-6-8-14(9-7-13)19-10-15(17)11-2-4-12(16)5-3-11/h2-9H,10H2,1H3. The third-order valence-corrected chi connectivity index (χ3v) is 4.14. The molecule has 0 fully saturated rings. The summed E-state index contributed by atoms with van der Waals surface area (Å²) in [6, 6.07) is 15.1. The summed E-state index contributed by atoms with van der Waals surface area (Å²) in [5, 5.41) is 0. The van der Waals surface area contributed by atoms with Crippen LogP contribution in [0.5, 0.6) is 5.75 Å². The Morgan fingerprint density at radius 2 is 1.74 bits per heavy atom. The van der Waals surface area contributed by atoms with Crippen LogP contribution in [0.25, 0.3) is 0 Å². The zero-order valence-corrected chi connectivity index (χ0v) is 12.8. The Balaban J connectivity index is 1.94. The second-order valence-electron chi connectivity index (χ2n) is 3.89. The minimum Gasteiger partial charge on any atom is -0.497 e. The van der Waals surface area contributed by atoms with Crippen molar-refractivity contribution in [3.05, 3.63) is 58.6 Å². The average Bonchev–Trinajstić information content (AvgIpc) is 2.46. The molecule has 0 N–H and O–H groups in total. The van der Waals surface area contributed by atoms with Crippen molar-refractivity contribution in [1.29, 1.82) is 0 Å². The van der Waals surface area contributed by atoms with Crippen LogP contribution in [0.2, 0.25) is 0 Å². The van der Waals surface area contributed by atoms with Crippen molar-refractivity contribution in [2.24, 2.45) is 0 Å². The maximum atomic E-state index is 12.0. The normalized spacial score (nSPS) is 10.2. The molecule has 0 spiro atoms. The summed E-state index contributed by atoms with van der Waals surface area (Å²) in [5.74, 6) is 1.39. The maximum absolute atomic E-state index is 12.0. The highest BCUT2D eigenvalue weighted by Gasteiger charge is 2.06. The molecule has 0 heterocycles. The van der Waals surface area contributed by atoms with E-state index in [-0.39, 0.29) is 5.78 Å². The minimum absolute atomic E-state index is 0.133. The van der Waals surface area contributed by atoms with Gasteiger partial charge in [0.15, 0.2) is 5.78 Å². The molecule has 19 heavy (non-hydrogen) atoms. The number of methoxy groups -OCH3 is 1. The van der Waals surface area contributed by atoms with E-state index in [4.69, 9.17) is 4.74 Å². The molecule has 98 valence electrons. The Labute approximate surface area is 125 Å². The summed E-state index contributed by atoms with van der Waals surface area (Å²) in [6.07, 6.45) is 0. The van der Waals surface area contributed by atoms with E-state index in [2.05, 4.69) is 15.9 Å². The lowest BCUT2D eigenvalue weighted by Crippen LogP contribution is -2.01. The van der Waals surface area contributed by atoms with Gasteiger partial charge in [0, 0.05) is 14.9 Å². The molecule has 0 aliphatic heterocycles. The minimum atomic E-state index is 0.133. The Bertz CT molecular complexity index is 549. The molecule has 2 aromatic carbocycles. The molecule has 0 bridgehead atoms. The number of ketones is 1. The Morgan fingerprint density at radius 3 is 2.32 bits per heavy atom. The summed E-state index contributed by atoms with van der Waals surface area (Å²) >= 11 is 4.89. The molecule has 2 aromatic rings. The summed E-state index contributed by atoms with van der Waals surface area (Å²) < 4.78 is 6.07. The van der Waals surface area contributed by atoms with Crippen LogP contribution in [0.4, 0.5) is 0 Å². The Hall–Kier alpha value is -1.26. The maximum Gasteiger partial charge on any atom is 0.173 e. The van der Waals surface area contributed by atoms with E-state index in [0.717, 1.165) is 20.7 Å². The molecule has 0 aromatic heterocycles. The predicted octanol–water partition coefficient (Wildman–Crippen LogP) is 4.43. The number of thioether (sulfide) groups is 1. The van der Waals surface area contributed by atoms with E-state index in [1.807, 2.05) is 48.5 Å². The summed E-state index contributed by atoms with van der Waals surface area (Å²) in [5.41, 5.74) is 0.740. The number of carbonyl (C=O) groups excluding carboxylic acids is 1. The Kier molecular flexibility index (Phi) is 5.05. The van der Waals surface area contributed by atoms with Gasteiger partial charge in [-0.2, -0.15) is 0 Å². The Morgan fingerprint density at radius 1 is 1.11 bits per heavy atom. The van der Waals surface area contributed by atoms with Gasteiger partial charge in [0.2, 0.25) is 0 Å².